The van der Waals surface area contributed by atoms with Crippen LogP contribution in [0.4, 0.5) is 13.2 Å². The third kappa shape index (κ3) is 3.47. The molecular formula is C18H12F3N3OS2. The second-order valence-electron chi connectivity index (χ2n) is 5.55. The fraction of sp³-hybridized carbons (Fsp3) is 0.111. The van der Waals surface area contributed by atoms with Crippen LogP contribution in [0.1, 0.15) is 5.69 Å². The van der Waals surface area contributed by atoms with Crippen molar-refractivity contribution in [2.45, 2.75) is 6.18 Å². The number of aromatic nitrogens is 3. The van der Waals surface area contributed by atoms with E-state index in [-0.39, 0.29) is 0 Å². The maximum Gasteiger partial charge on any atom is 0.435 e. The van der Waals surface area contributed by atoms with Crippen molar-refractivity contribution in [1.82, 2.24) is 14.8 Å². The highest BCUT2D eigenvalue weighted by Crippen LogP contribution is 2.36. The summed E-state index contributed by atoms with van der Waals surface area (Å²) in [5.74, 6) is 0.719. The number of thiazole rings is 1. The quantitative estimate of drug-likeness (QED) is 0.432. The molecule has 27 heavy (non-hydrogen) atoms. The van der Waals surface area contributed by atoms with E-state index in [2.05, 4.69) is 10.1 Å². The average molecular weight is 407 g/mol. The highest BCUT2D eigenvalue weighted by Gasteiger charge is 2.35. The number of halogens is 3. The summed E-state index contributed by atoms with van der Waals surface area (Å²) in [5.41, 5.74) is 0.943. The zero-order valence-electron chi connectivity index (χ0n) is 13.9. The third-order valence-electron chi connectivity index (χ3n) is 3.83. The van der Waals surface area contributed by atoms with Gasteiger partial charge in [0.25, 0.3) is 0 Å². The van der Waals surface area contributed by atoms with Crippen molar-refractivity contribution >= 4 is 22.7 Å². The predicted octanol–water partition coefficient (Wildman–Crippen LogP) is 5.75. The minimum Gasteiger partial charge on any atom is -0.497 e. The Labute approximate surface area is 160 Å². The van der Waals surface area contributed by atoms with Crippen LogP contribution < -0.4 is 4.74 Å². The molecule has 0 fully saturated rings. The lowest BCUT2D eigenvalue weighted by molar-refractivity contribution is -0.141. The molecule has 0 radical (unpaired) electrons. The second-order valence-corrected chi connectivity index (χ2v) is 7.33. The minimum atomic E-state index is -4.52. The molecule has 0 aliphatic heterocycles. The van der Waals surface area contributed by atoms with Gasteiger partial charge in [0.05, 0.1) is 23.4 Å². The van der Waals surface area contributed by atoms with Crippen LogP contribution in [0.25, 0.3) is 27.0 Å². The molecule has 0 amide bonds. The van der Waals surface area contributed by atoms with Gasteiger partial charge in [0.2, 0.25) is 5.13 Å². The molecule has 4 nitrogen and oxygen atoms in total. The van der Waals surface area contributed by atoms with E-state index in [0.717, 1.165) is 17.4 Å². The highest BCUT2D eigenvalue weighted by molar-refractivity contribution is 7.13. The van der Waals surface area contributed by atoms with Crippen molar-refractivity contribution in [3.63, 3.8) is 0 Å². The molecule has 0 saturated carbocycles. The zero-order valence-corrected chi connectivity index (χ0v) is 15.5. The Morgan fingerprint density at radius 2 is 1.85 bits per heavy atom. The van der Waals surface area contributed by atoms with E-state index < -0.39 is 11.9 Å². The molecule has 4 aromatic rings. The first-order valence-electron chi connectivity index (χ1n) is 7.77. The molecule has 0 atom stereocenters. The van der Waals surface area contributed by atoms with E-state index in [4.69, 9.17) is 4.74 Å². The number of thiophene rings is 1. The van der Waals surface area contributed by atoms with Gasteiger partial charge in [-0.05, 0) is 41.8 Å². The van der Waals surface area contributed by atoms with Gasteiger partial charge in [-0.15, -0.1) is 22.7 Å². The first kappa shape index (κ1) is 17.7. The first-order valence-corrected chi connectivity index (χ1v) is 9.53. The second kappa shape index (κ2) is 6.82. The SMILES string of the molecule is COc1ccc(-c2csc(-n3nc(C(F)(F)F)cc3-c3cccs3)n2)cc1. The van der Waals surface area contributed by atoms with Crippen LogP contribution in [0.5, 0.6) is 5.75 Å². The fourth-order valence-corrected chi connectivity index (χ4v) is 4.04. The molecule has 0 spiro atoms. The Bertz CT molecular complexity index is 1050. The van der Waals surface area contributed by atoms with Crippen LogP contribution in [0.2, 0.25) is 0 Å². The Hall–Kier alpha value is -2.65. The van der Waals surface area contributed by atoms with Crippen LogP contribution in [0, 0.1) is 0 Å². The molecule has 0 bridgehead atoms. The normalized spacial score (nSPS) is 11.7. The van der Waals surface area contributed by atoms with E-state index in [0.29, 0.717) is 21.4 Å². The van der Waals surface area contributed by atoms with E-state index >= 15 is 0 Å². The predicted molar refractivity (Wildman–Crippen MR) is 99.5 cm³/mol. The van der Waals surface area contributed by atoms with Gasteiger partial charge < -0.3 is 4.74 Å². The van der Waals surface area contributed by atoms with Crippen LogP contribution in [0.15, 0.2) is 53.2 Å². The summed E-state index contributed by atoms with van der Waals surface area (Å²) >= 11 is 2.59. The fourth-order valence-electron chi connectivity index (χ4n) is 2.52. The van der Waals surface area contributed by atoms with Crippen molar-refractivity contribution < 1.29 is 17.9 Å². The molecule has 0 N–H and O–H groups in total. The number of rotatable bonds is 4. The average Bonchev–Trinajstić information content (AvgIpc) is 3.39. The molecule has 4 rings (SSSR count). The largest absolute Gasteiger partial charge is 0.497 e. The van der Waals surface area contributed by atoms with Crippen molar-refractivity contribution in [2.75, 3.05) is 7.11 Å². The van der Waals surface area contributed by atoms with E-state index in [1.54, 1.807) is 36.8 Å². The van der Waals surface area contributed by atoms with E-state index in [1.807, 2.05) is 17.5 Å². The van der Waals surface area contributed by atoms with Gasteiger partial charge >= 0.3 is 6.18 Å². The van der Waals surface area contributed by atoms with E-state index in [9.17, 15) is 13.2 Å². The van der Waals surface area contributed by atoms with Crippen LogP contribution >= 0.6 is 22.7 Å². The molecule has 3 heterocycles. The summed E-state index contributed by atoms with van der Waals surface area (Å²) in [6, 6.07) is 11.9. The van der Waals surface area contributed by atoms with Gasteiger partial charge in [0, 0.05) is 10.9 Å². The molecular weight excluding hydrogens is 395 g/mol. The Balaban J connectivity index is 1.77. The van der Waals surface area contributed by atoms with Crippen molar-refractivity contribution in [3.8, 4) is 32.7 Å². The number of alkyl halides is 3. The number of benzene rings is 1. The lowest BCUT2D eigenvalue weighted by atomic mass is 10.2. The third-order valence-corrected chi connectivity index (χ3v) is 5.54. The Kier molecular flexibility index (Phi) is 4.48. The molecule has 9 heteroatoms. The maximum atomic E-state index is 13.2. The summed E-state index contributed by atoms with van der Waals surface area (Å²) in [6.07, 6.45) is -4.52. The zero-order chi connectivity index (χ0) is 19.0. The minimum absolute atomic E-state index is 0.368. The summed E-state index contributed by atoms with van der Waals surface area (Å²) < 4.78 is 45.9. The number of hydrogen-bond donors (Lipinski definition) is 0. The van der Waals surface area contributed by atoms with Crippen molar-refractivity contribution in [1.29, 1.82) is 0 Å². The lowest BCUT2D eigenvalue weighted by Gasteiger charge is -2.02. The topological polar surface area (TPSA) is 39.9 Å². The van der Waals surface area contributed by atoms with E-state index in [1.165, 1.54) is 27.4 Å². The summed E-state index contributed by atoms with van der Waals surface area (Å²) in [4.78, 5) is 5.18. The van der Waals surface area contributed by atoms with Crippen LogP contribution in [-0.4, -0.2) is 21.9 Å². The monoisotopic (exact) mass is 407 g/mol. The van der Waals surface area contributed by atoms with Gasteiger partial charge in [-0.25, -0.2) is 9.67 Å². The molecule has 0 aliphatic carbocycles. The molecule has 3 aromatic heterocycles. The first-order chi connectivity index (χ1) is 13.0. The summed E-state index contributed by atoms with van der Waals surface area (Å²) in [7, 11) is 1.58. The lowest BCUT2D eigenvalue weighted by Crippen LogP contribution is -2.07. The smallest absolute Gasteiger partial charge is 0.435 e. The number of methoxy groups -OCH3 is 1. The van der Waals surface area contributed by atoms with Crippen LogP contribution in [-0.2, 0) is 6.18 Å². The number of ether oxygens (including phenoxy) is 1. The van der Waals surface area contributed by atoms with Crippen LogP contribution in [0.3, 0.4) is 0 Å². The molecule has 138 valence electrons. The van der Waals surface area contributed by atoms with Crippen molar-refractivity contribution in [2.24, 2.45) is 0 Å². The summed E-state index contributed by atoms with van der Waals surface area (Å²) in [5, 5.41) is 7.75. The standard InChI is InChI=1S/C18H12F3N3OS2/c1-25-12-6-4-11(5-7-12)13-10-27-17(22-13)24-14(15-3-2-8-26-15)9-16(23-24)18(19,20)21/h2-10H,1H3. The molecule has 0 aliphatic rings. The maximum absolute atomic E-state index is 13.2. The van der Waals surface area contributed by atoms with Gasteiger partial charge in [-0.3, -0.25) is 0 Å². The number of nitrogens with zero attached hydrogens (tertiary/aromatic N) is 3. The Morgan fingerprint density at radius 1 is 1.07 bits per heavy atom. The van der Waals surface area contributed by atoms with Crippen molar-refractivity contribution in [3.05, 3.63) is 58.9 Å². The summed E-state index contributed by atoms with van der Waals surface area (Å²) in [6.45, 7) is 0. The molecule has 0 saturated heterocycles. The highest BCUT2D eigenvalue weighted by atomic mass is 32.1. The van der Waals surface area contributed by atoms with Gasteiger partial charge in [-0.2, -0.15) is 18.3 Å². The molecule has 0 unspecified atom stereocenters. The van der Waals surface area contributed by atoms with Gasteiger partial charge in [-0.1, -0.05) is 6.07 Å². The van der Waals surface area contributed by atoms with Gasteiger partial charge in [0.15, 0.2) is 5.69 Å². The number of hydrogen-bond acceptors (Lipinski definition) is 5. The van der Waals surface area contributed by atoms with Gasteiger partial charge in [0.1, 0.15) is 5.75 Å². The molecule has 1 aromatic carbocycles. The Morgan fingerprint density at radius 3 is 2.48 bits per heavy atom.